The van der Waals surface area contributed by atoms with Crippen LogP contribution in [0.15, 0.2) is 71.2 Å². The van der Waals surface area contributed by atoms with Crippen LogP contribution >= 0.6 is 15.9 Å². The first-order valence-corrected chi connectivity index (χ1v) is 8.51. The Balaban J connectivity index is 2.09. The number of anilines is 1. The van der Waals surface area contributed by atoms with Crippen molar-refractivity contribution in [2.24, 2.45) is 0 Å². The van der Waals surface area contributed by atoms with Crippen LogP contribution in [0.4, 0.5) is 5.69 Å². The van der Waals surface area contributed by atoms with Gasteiger partial charge >= 0.3 is 0 Å². The van der Waals surface area contributed by atoms with Gasteiger partial charge in [-0.2, -0.15) is 0 Å². The minimum Gasteiger partial charge on any atom is -0.383 e. The molecule has 0 amide bonds. The van der Waals surface area contributed by atoms with E-state index in [2.05, 4.69) is 71.5 Å². The molecule has 0 aliphatic rings. The Morgan fingerprint density at radius 3 is 1.96 bits per heavy atom. The zero-order valence-electron chi connectivity index (χ0n) is 13.3. The fourth-order valence-electron chi connectivity index (χ4n) is 2.47. The Morgan fingerprint density at radius 1 is 0.826 bits per heavy atom. The summed E-state index contributed by atoms with van der Waals surface area (Å²) >= 11 is 3.48. The van der Waals surface area contributed by atoms with Gasteiger partial charge in [0.2, 0.25) is 0 Å². The number of benzene rings is 2. The van der Waals surface area contributed by atoms with E-state index in [4.69, 9.17) is 4.98 Å². The molecule has 3 heteroatoms. The summed E-state index contributed by atoms with van der Waals surface area (Å²) in [6.45, 7) is 4.28. The van der Waals surface area contributed by atoms with Crippen LogP contribution in [0.5, 0.6) is 0 Å². The molecule has 23 heavy (non-hydrogen) atoms. The number of nitrogens with zero attached hydrogens (tertiary/aromatic N) is 1. The van der Waals surface area contributed by atoms with Gasteiger partial charge in [-0.1, -0.05) is 58.4 Å². The van der Waals surface area contributed by atoms with E-state index in [0.717, 1.165) is 32.7 Å². The predicted molar refractivity (Wildman–Crippen MR) is 102 cm³/mol. The topological polar surface area (TPSA) is 24.9 Å². The van der Waals surface area contributed by atoms with Crippen molar-refractivity contribution in [2.75, 3.05) is 5.32 Å². The molecule has 0 aliphatic carbocycles. The highest BCUT2D eigenvalue weighted by atomic mass is 79.9. The highest BCUT2D eigenvalue weighted by Gasteiger charge is 2.08. The Bertz CT molecular complexity index is 780. The lowest BCUT2D eigenvalue weighted by atomic mass is 10.1. The molecule has 1 aromatic heterocycles. The largest absolute Gasteiger partial charge is 0.383 e. The van der Waals surface area contributed by atoms with Gasteiger partial charge in [-0.15, -0.1) is 0 Å². The molecule has 0 saturated carbocycles. The molecule has 1 N–H and O–H groups in total. The number of pyridine rings is 1. The minimum atomic E-state index is 0.374. The number of hydrogen-bond acceptors (Lipinski definition) is 2. The molecule has 0 aliphatic heterocycles. The molecule has 0 radical (unpaired) electrons. The van der Waals surface area contributed by atoms with Crippen molar-refractivity contribution in [2.45, 2.75) is 19.9 Å². The van der Waals surface area contributed by atoms with E-state index in [0.29, 0.717) is 6.04 Å². The third kappa shape index (κ3) is 3.99. The first kappa shape index (κ1) is 15.8. The normalized spacial score (nSPS) is 10.8. The highest BCUT2D eigenvalue weighted by Crippen LogP contribution is 2.28. The summed E-state index contributed by atoms with van der Waals surface area (Å²) in [7, 11) is 0. The van der Waals surface area contributed by atoms with Crippen LogP contribution in [0.3, 0.4) is 0 Å². The maximum absolute atomic E-state index is 4.86. The van der Waals surface area contributed by atoms with Crippen molar-refractivity contribution in [1.29, 1.82) is 0 Å². The third-order valence-corrected chi connectivity index (χ3v) is 4.02. The molecule has 2 aromatic carbocycles. The average molecular weight is 367 g/mol. The van der Waals surface area contributed by atoms with Crippen LogP contribution in [0.1, 0.15) is 13.8 Å². The Kier molecular flexibility index (Phi) is 4.77. The van der Waals surface area contributed by atoms with E-state index in [9.17, 15) is 0 Å². The third-order valence-electron chi connectivity index (χ3n) is 3.49. The van der Waals surface area contributed by atoms with E-state index in [1.807, 2.05) is 30.3 Å². The lowest BCUT2D eigenvalue weighted by Gasteiger charge is -2.14. The van der Waals surface area contributed by atoms with Gasteiger partial charge in [0.1, 0.15) is 0 Å². The summed E-state index contributed by atoms with van der Waals surface area (Å²) in [5, 5.41) is 3.49. The van der Waals surface area contributed by atoms with Crippen LogP contribution in [-0.2, 0) is 0 Å². The molecular weight excluding hydrogens is 348 g/mol. The van der Waals surface area contributed by atoms with Crippen LogP contribution in [0.2, 0.25) is 0 Å². The summed E-state index contributed by atoms with van der Waals surface area (Å²) < 4.78 is 1.07. The Labute approximate surface area is 145 Å². The number of rotatable bonds is 4. The Hall–Kier alpha value is -2.13. The zero-order valence-corrected chi connectivity index (χ0v) is 14.8. The first-order chi connectivity index (χ1) is 11.1. The first-order valence-electron chi connectivity index (χ1n) is 7.72. The van der Waals surface area contributed by atoms with E-state index >= 15 is 0 Å². The van der Waals surface area contributed by atoms with Gasteiger partial charge in [0.15, 0.2) is 0 Å². The lowest BCUT2D eigenvalue weighted by molar-refractivity contribution is 0.899. The maximum Gasteiger partial charge on any atom is 0.0730 e. The van der Waals surface area contributed by atoms with Gasteiger partial charge < -0.3 is 5.32 Å². The van der Waals surface area contributed by atoms with Crippen LogP contribution in [-0.4, -0.2) is 11.0 Å². The van der Waals surface area contributed by atoms with Gasteiger partial charge in [-0.3, -0.25) is 0 Å². The second kappa shape index (κ2) is 6.97. The summed E-state index contributed by atoms with van der Waals surface area (Å²) in [5.41, 5.74) is 5.28. The summed E-state index contributed by atoms with van der Waals surface area (Å²) in [4.78, 5) is 4.86. The zero-order chi connectivity index (χ0) is 16.2. The molecule has 0 bridgehead atoms. The lowest BCUT2D eigenvalue weighted by Crippen LogP contribution is -2.10. The molecule has 0 spiro atoms. The molecule has 3 rings (SSSR count). The van der Waals surface area contributed by atoms with Crippen LogP contribution in [0.25, 0.3) is 22.5 Å². The number of halogens is 1. The molecule has 2 nitrogen and oxygen atoms in total. The molecule has 0 saturated heterocycles. The standard InChI is InChI=1S/C20H19BrN2/c1-14(2)22-18-12-19(15-6-4-3-5-7-15)23-20(13-18)16-8-10-17(21)11-9-16/h3-14H,1-2H3,(H,22,23). The Morgan fingerprint density at radius 2 is 1.39 bits per heavy atom. The quantitative estimate of drug-likeness (QED) is 0.612. The van der Waals surface area contributed by atoms with E-state index < -0.39 is 0 Å². The van der Waals surface area contributed by atoms with E-state index in [1.165, 1.54) is 0 Å². The fourth-order valence-corrected chi connectivity index (χ4v) is 2.74. The fraction of sp³-hybridized carbons (Fsp3) is 0.150. The van der Waals surface area contributed by atoms with E-state index in [-0.39, 0.29) is 0 Å². The predicted octanol–water partition coefficient (Wildman–Crippen LogP) is 6.00. The SMILES string of the molecule is CC(C)Nc1cc(-c2ccccc2)nc(-c2ccc(Br)cc2)c1. The van der Waals surface area contributed by atoms with Crippen molar-refractivity contribution in [3.8, 4) is 22.5 Å². The van der Waals surface area contributed by atoms with Gasteiger partial charge in [-0.25, -0.2) is 4.98 Å². The molecule has 116 valence electrons. The molecule has 1 heterocycles. The van der Waals surface area contributed by atoms with Gasteiger partial charge in [0, 0.05) is 27.3 Å². The number of aromatic nitrogens is 1. The second-order valence-electron chi connectivity index (χ2n) is 5.80. The molecular formula is C20H19BrN2. The van der Waals surface area contributed by atoms with Crippen molar-refractivity contribution in [3.63, 3.8) is 0 Å². The monoisotopic (exact) mass is 366 g/mol. The molecule has 0 atom stereocenters. The average Bonchev–Trinajstić information content (AvgIpc) is 2.55. The van der Waals surface area contributed by atoms with Crippen molar-refractivity contribution < 1.29 is 0 Å². The molecule has 3 aromatic rings. The number of nitrogens with one attached hydrogen (secondary N) is 1. The van der Waals surface area contributed by atoms with E-state index in [1.54, 1.807) is 0 Å². The van der Waals surface area contributed by atoms with Crippen molar-refractivity contribution in [3.05, 3.63) is 71.2 Å². The van der Waals surface area contributed by atoms with Crippen LogP contribution in [0, 0.1) is 0 Å². The summed E-state index contributed by atoms with van der Waals surface area (Å²) in [6, 6.07) is 23.1. The molecule has 0 unspecified atom stereocenters. The smallest absolute Gasteiger partial charge is 0.0730 e. The maximum atomic E-state index is 4.86. The highest BCUT2D eigenvalue weighted by molar-refractivity contribution is 9.10. The van der Waals surface area contributed by atoms with Crippen LogP contribution < -0.4 is 5.32 Å². The van der Waals surface area contributed by atoms with Gasteiger partial charge in [-0.05, 0) is 38.1 Å². The molecule has 0 fully saturated rings. The van der Waals surface area contributed by atoms with Crippen molar-refractivity contribution in [1.82, 2.24) is 4.98 Å². The van der Waals surface area contributed by atoms with Gasteiger partial charge in [0.25, 0.3) is 0 Å². The summed E-state index contributed by atoms with van der Waals surface area (Å²) in [5.74, 6) is 0. The number of hydrogen-bond donors (Lipinski definition) is 1. The minimum absolute atomic E-state index is 0.374. The van der Waals surface area contributed by atoms with Crippen molar-refractivity contribution >= 4 is 21.6 Å². The second-order valence-corrected chi connectivity index (χ2v) is 6.71. The summed E-state index contributed by atoms with van der Waals surface area (Å²) in [6.07, 6.45) is 0. The van der Waals surface area contributed by atoms with Gasteiger partial charge in [0.05, 0.1) is 11.4 Å².